The molecule has 14 nitrogen and oxygen atoms in total. The van der Waals surface area contributed by atoms with Gasteiger partial charge in [0.2, 0.25) is 0 Å². The molecule has 0 heterocycles. The van der Waals surface area contributed by atoms with Crippen LogP contribution in [-0.2, 0) is 51.2 Å². The Hall–Kier alpha value is -5.86. The van der Waals surface area contributed by atoms with Gasteiger partial charge < -0.3 is 38.1 Å². The zero-order chi connectivity index (χ0) is 81.7. The summed E-state index contributed by atoms with van der Waals surface area (Å²) in [6, 6.07) is 12.3. The summed E-state index contributed by atoms with van der Waals surface area (Å²) in [5, 5.41) is 19.9. The zero-order valence-electron chi connectivity index (χ0n) is 72.8. The molecule has 0 spiro atoms. The van der Waals surface area contributed by atoms with Crippen LogP contribution in [0.4, 0.5) is 0 Å². The van der Waals surface area contributed by atoms with Gasteiger partial charge in [-0.2, -0.15) is 0 Å². The van der Waals surface area contributed by atoms with Crippen LogP contribution in [0.3, 0.4) is 0 Å². The molecule has 0 amide bonds. The van der Waals surface area contributed by atoms with Gasteiger partial charge in [0, 0.05) is 36.8 Å². The lowest BCUT2D eigenvalue weighted by atomic mass is 9.94. The van der Waals surface area contributed by atoms with Gasteiger partial charge in [0.25, 0.3) is 0 Å². The number of benzene rings is 2. The summed E-state index contributed by atoms with van der Waals surface area (Å²) in [6.07, 6.45) is 72.9. The molecule has 638 valence electrons. The molecule has 0 saturated carbocycles. The molecule has 0 radical (unpaired) electrons. The molecule has 2 aromatic rings. The minimum atomic E-state index is -1.30. The number of hydrogen-bond donors (Lipinski definition) is 2. The fraction of sp³-hybridized carbons (Fsp3) is 0.735. The van der Waals surface area contributed by atoms with E-state index in [1.54, 1.807) is 48.5 Å². The van der Waals surface area contributed by atoms with Crippen LogP contribution in [0.15, 0.2) is 97.1 Å². The molecule has 0 bridgehead atoms. The van der Waals surface area contributed by atoms with Crippen LogP contribution in [0.25, 0.3) is 0 Å². The quantitative estimate of drug-likeness (QED) is 0.0211. The first kappa shape index (κ1) is 102. The van der Waals surface area contributed by atoms with Crippen LogP contribution in [0.2, 0.25) is 0 Å². The third-order valence-corrected chi connectivity index (χ3v) is 22.0. The van der Waals surface area contributed by atoms with E-state index in [0.29, 0.717) is 32.2 Å². The molecule has 0 saturated heterocycles. The molecule has 2 rings (SSSR count). The van der Waals surface area contributed by atoms with Gasteiger partial charge in [0.1, 0.15) is 26.2 Å². The van der Waals surface area contributed by atoms with E-state index in [0.717, 1.165) is 165 Å². The molecular formula is C98H166N2O12+2. The van der Waals surface area contributed by atoms with Gasteiger partial charge in [0.05, 0.1) is 39.3 Å². The van der Waals surface area contributed by atoms with Crippen molar-refractivity contribution in [2.75, 3.05) is 41.3 Å². The smallest absolute Gasteiger partial charge is 0.335 e. The number of carbonyl (C=O) groups is 6. The highest BCUT2D eigenvalue weighted by molar-refractivity contribution is 5.88. The minimum Gasteiger partial charge on any atom is -0.478 e. The monoisotopic (exact) mass is 1560 g/mol. The Labute approximate surface area is 684 Å². The number of ether oxygens (including phenoxy) is 4. The Morgan fingerprint density at radius 1 is 0.312 bits per heavy atom. The van der Waals surface area contributed by atoms with Crippen molar-refractivity contribution in [3.8, 4) is 0 Å². The molecule has 2 N–H and O–H groups in total. The molecule has 14 heteroatoms. The van der Waals surface area contributed by atoms with Gasteiger partial charge in [-0.1, -0.05) is 306 Å². The van der Waals surface area contributed by atoms with Crippen LogP contribution >= 0.6 is 0 Å². The fourth-order valence-electron chi connectivity index (χ4n) is 15.2. The largest absolute Gasteiger partial charge is 0.478 e. The van der Waals surface area contributed by atoms with Crippen molar-refractivity contribution in [1.29, 1.82) is 0 Å². The first-order valence-corrected chi connectivity index (χ1v) is 46.0. The van der Waals surface area contributed by atoms with Crippen molar-refractivity contribution >= 4 is 35.8 Å². The Morgan fingerprint density at radius 2 is 0.562 bits per heavy atom. The van der Waals surface area contributed by atoms with Crippen molar-refractivity contribution in [3.63, 3.8) is 0 Å². The van der Waals surface area contributed by atoms with E-state index in [-0.39, 0.29) is 65.5 Å². The number of carboxylic acids is 2. The number of quaternary nitrogens is 2. The van der Waals surface area contributed by atoms with Crippen LogP contribution in [0.1, 0.15) is 419 Å². The van der Waals surface area contributed by atoms with E-state index in [9.17, 15) is 34.2 Å². The van der Waals surface area contributed by atoms with Gasteiger partial charge >= 0.3 is 35.8 Å². The lowest BCUT2D eigenvalue weighted by molar-refractivity contribution is -0.937. The molecule has 0 aromatic heterocycles. The van der Waals surface area contributed by atoms with E-state index in [2.05, 4.69) is 76.3 Å². The molecule has 2 aromatic carbocycles. The van der Waals surface area contributed by atoms with Crippen LogP contribution in [0, 0.1) is 0 Å². The molecule has 0 aliphatic heterocycles. The summed E-state index contributed by atoms with van der Waals surface area (Å²) in [4.78, 5) is 83.5. The number of carboxylic acid groups (broad SMARTS) is 2. The van der Waals surface area contributed by atoms with Crippen LogP contribution in [-0.4, -0.2) is 121 Å². The maximum Gasteiger partial charge on any atom is 0.335 e. The normalized spacial score (nSPS) is 13.2. The van der Waals surface area contributed by atoms with E-state index >= 15 is 4.79 Å². The Morgan fingerprint density at radius 3 is 0.857 bits per heavy atom. The van der Waals surface area contributed by atoms with Gasteiger partial charge in [-0.25, -0.2) is 9.59 Å². The number of rotatable bonds is 77. The fourth-order valence-corrected chi connectivity index (χ4v) is 15.2. The first-order chi connectivity index (χ1) is 54.4. The highest BCUT2D eigenvalue weighted by atomic mass is 16.6. The SMILES string of the molecule is CCCCCCCC/C=C\CCCCCCCC(=O)OCC(OC(=O)CCCCCCC/C=C\CCCCCCCC)C(C(OC(=O)CCCCCCC/C=C\CCCCCCCC)C(C[N+](C)(C)Cc1ccc(C(=O)O)cc1)OC(=O)CCCCCCC/C=C\CCCCCCCC)[N+](C)(C)Cc1ccc(C(=O)O)cc1. The standard InChI is InChI=1S/C98H164N2O12/c1-9-13-17-21-25-29-33-37-41-45-49-53-57-61-65-69-91(101)109-84-90(111-93(103)71-67-63-59-55-51-47-43-39-35-31-27-23-19-15-11-3)95(100(7,8)82-86-75-79-88(80-76-86)98(107)108)96(112-94(104)72-68-64-60-56-52-48-44-40-36-32-28-24-20-16-12-4)89(83-99(5,6)81-85-73-77-87(78-74-85)97(105)106)110-92(102)70-66-62-58-54-50-46-42-38-34-30-26-22-18-14-10-2/h37-44,73-80,89-90,95-96H,9-36,45-72,81-84H2,1-8H3/p+2/b41-37-,42-38-,43-39-,44-40-. The number of esters is 4. The minimum absolute atomic E-state index is 0.0404. The summed E-state index contributed by atoms with van der Waals surface area (Å²) in [6.45, 7) is 9.33. The number of nitrogens with zero attached hydrogens (tertiary/aromatic N) is 2. The second kappa shape index (κ2) is 69.4. The molecule has 4 atom stereocenters. The summed E-state index contributed by atoms with van der Waals surface area (Å²) in [5.74, 6) is -3.97. The third kappa shape index (κ3) is 56.4. The molecule has 4 unspecified atom stereocenters. The highest BCUT2D eigenvalue weighted by Gasteiger charge is 2.53. The summed E-state index contributed by atoms with van der Waals surface area (Å²) >= 11 is 0. The Kier molecular flexibility index (Phi) is 63.4. The summed E-state index contributed by atoms with van der Waals surface area (Å²) in [7, 11) is 7.90. The van der Waals surface area contributed by atoms with Gasteiger partial charge in [-0.3, -0.25) is 19.2 Å². The average Bonchev–Trinajstić information content (AvgIpc) is 0.787. The van der Waals surface area contributed by atoms with Gasteiger partial charge in [0.15, 0.2) is 24.4 Å². The number of hydrogen-bond acceptors (Lipinski definition) is 10. The molecule has 112 heavy (non-hydrogen) atoms. The molecule has 0 fully saturated rings. The maximum atomic E-state index is 15.1. The van der Waals surface area contributed by atoms with Crippen LogP contribution in [0.5, 0.6) is 0 Å². The Bertz CT molecular complexity index is 2790. The summed E-state index contributed by atoms with van der Waals surface area (Å²) < 4.78 is 27.2. The summed E-state index contributed by atoms with van der Waals surface area (Å²) in [5.41, 5.74) is 1.85. The number of unbranched alkanes of at least 4 members (excludes halogenated alkanes) is 44. The zero-order valence-corrected chi connectivity index (χ0v) is 72.8. The van der Waals surface area contributed by atoms with E-state index in [4.69, 9.17) is 18.9 Å². The van der Waals surface area contributed by atoms with Crippen molar-refractivity contribution in [2.45, 2.75) is 425 Å². The lowest BCUT2D eigenvalue weighted by Crippen LogP contribution is -2.66. The van der Waals surface area contributed by atoms with Crippen molar-refractivity contribution < 1.29 is 66.9 Å². The van der Waals surface area contributed by atoms with Crippen molar-refractivity contribution in [3.05, 3.63) is 119 Å². The van der Waals surface area contributed by atoms with E-state index < -0.39 is 60.2 Å². The second-order valence-electron chi connectivity index (χ2n) is 33.7. The maximum absolute atomic E-state index is 15.1. The van der Waals surface area contributed by atoms with E-state index in [1.807, 2.05) is 28.2 Å². The number of aromatic carboxylic acids is 2. The van der Waals surface area contributed by atoms with Gasteiger partial charge in [-0.05, 0) is 153 Å². The van der Waals surface area contributed by atoms with Crippen LogP contribution < -0.4 is 0 Å². The molecular weight excluding hydrogens is 1400 g/mol. The molecule has 0 aliphatic rings. The Balaban J connectivity index is 2.72. The van der Waals surface area contributed by atoms with E-state index in [1.165, 1.54) is 154 Å². The lowest BCUT2D eigenvalue weighted by Gasteiger charge is -2.46. The molecule has 0 aliphatic carbocycles. The highest BCUT2D eigenvalue weighted by Crippen LogP contribution is 2.31. The average molecular weight is 1560 g/mol. The number of carbonyl (C=O) groups excluding carboxylic acids is 4. The third-order valence-electron chi connectivity index (χ3n) is 22.0. The topological polar surface area (TPSA) is 180 Å². The van der Waals surface area contributed by atoms with Gasteiger partial charge in [-0.15, -0.1) is 0 Å². The van der Waals surface area contributed by atoms with Crippen molar-refractivity contribution in [2.24, 2.45) is 0 Å². The predicted octanol–water partition coefficient (Wildman–Crippen LogP) is 26.7. The van der Waals surface area contributed by atoms with Crippen molar-refractivity contribution in [1.82, 2.24) is 0 Å². The number of allylic oxidation sites excluding steroid dienone is 8. The predicted molar refractivity (Wildman–Crippen MR) is 465 cm³/mol. The first-order valence-electron chi connectivity index (χ1n) is 46.0. The second-order valence-corrected chi connectivity index (χ2v) is 33.7. The number of likely N-dealkylation sites (N-methyl/N-ethyl adjacent to an activating group) is 2.